The van der Waals surface area contributed by atoms with Gasteiger partial charge >= 0.3 is 5.97 Å². The van der Waals surface area contributed by atoms with Gasteiger partial charge in [-0.15, -0.1) is 0 Å². The summed E-state index contributed by atoms with van der Waals surface area (Å²) in [6, 6.07) is 4.88. The molecule has 104 valence electrons. The molecule has 0 aromatic heterocycles. The molecule has 1 aromatic carbocycles. The number of nitrogens with zero attached hydrogens (tertiary/aromatic N) is 1. The molecule has 0 bridgehead atoms. The van der Waals surface area contributed by atoms with Gasteiger partial charge in [0.1, 0.15) is 5.82 Å². The SMILES string of the molecule is CCCC(C)N(C)c1cc(F)cc(/C=C/C(=O)O)c1. The largest absolute Gasteiger partial charge is 0.478 e. The third kappa shape index (κ3) is 4.73. The lowest BCUT2D eigenvalue weighted by Gasteiger charge is -2.27. The highest BCUT2D eigenvalue weighted by Crippen LogP contribution is 2.21. The first-order valence-electron chi connectivity index (χ1n) is 6.38. The molecule has 3 nitrogen and oxygen atoms in total. The number of anilines is 1. The van der Waals surface area contributed by atoms with E-state index in [4.69, 9.17) is 5.11 Å². The summed E-state index contributed by atoms with van der Waals surface area (Å²) in [4.78, 5) is 12.5. The highest BCUT2D eigenvalue weighted by molar-refractivity contribution is 5.85. The zero-order chi connectivity index (χ0) is 14.4. The fraction of sp³-hybridized carbons (Fsp3) is 0.400. The average molecular weight is 265 g/mol. The molecule has 4 heteroatoms. The Labute approximate surface area is 113 Å². The van der Waals surface area contributed by atoms with Crippen LogP contribution in [0.4, 0.5) is 10.1 Å². The number of rotatable bonds is 6. The van der Waals surface area contributed by atoms with Crippen molar-refractivity contribution in [3.8, 4) is 0 Å². The number of carbonyl (C=O) groups is 1. The van der Waals surface area contributed by atoms with Crippen LogP contribution in [-0.4, -0.2) is 24.2 Å². The minimum atomic E-state index is -1.04. The molecule has 1 unspecified atom stereocenters. The predicted octanol–water partition coefficient (Wildman–Crippen LogP) is 3.55. The van der Waals surface area contributed by atoms with E-state index in [1.54, 1.807) is 6.07 Å². The lowest BCUT2D eigenvalue weighted by Crippen LogP contribution is -2.28. The Kier molecular flexibility index (Phi) is 5.55. The lowest BCUT2D eigenvalue weighted by molar-refractivity contribution is -0.131. The van der Waals surface area contributed by atoms with Crippen molar-refractivity contribution in [1.82, 2.24) is 0 Å². The van der Waals surface area contributed by atoms with Crippen molar-refractivity contribution >= 4 is 17.7 Å². The monoisotopic (exact) mass is 265 g/mol. The zero-order valence-electron chi connectivity index (χ0n) is 11.6. The molecule has 0 aliphatic rings. The fourth-order valence-electron chi connectivity index (χ4n) is 1.93. The third-order valence-electron chi connectivity index (χ3n) is 3.10. The Bertz CT molecular complexity index is 471. The topological polar surface area (TPSA) is 40.5 Å². The first-order chi connectivity index (χ1) is 8.93. The van der Waals surface area contributed by atoms with Gasteiger partial charge in [0.25, 0.3) is 0 Å². The smallest absolute Gasteiger partial charge is 0.328 e. The molecule has 1 atom stereocenters. The van der Waals surface area contributed by atoms with E-state index in [1.807, 2.05) is 11.9 Å². The van der Waals surface area contributed by atoms with Crippen LogP contribution < -0.4 is 4.90 Å². The summed E-state index contributed by atoms with van der Waals surface area (Å²) in [6.45, 7) is 4.19. The summed E-state index contributed by atoms with van der Waals surface area (Å²) in [5.74, 6) is -1.41. The van der Waals surface area contributed by atoms with E-state index in [2.05, 4.69) is 13.8 Å². The highest BCUT2D eigenvalue weighted by Gasteiger charge is 2.10. The molecule has 0 radical (unpaired) electrons. The number of halogens is 1. The Hall–Kier alpha value is -1.84. The predicted molar refractivity (Wildman–Crippen MR) is 75.8 cm³/mol. The number of carboxylic acid groups (broad SMARTS) is 1. The van der Waals surface area contributed by atoms with Crippen molar-refractivity contribution in [2.45, 2.75) is 32.7 Å². The summed E-state index contributed by atoms with van der Waals surface area (Å²) in [5, 5.41) is 8.59. The van der Waals surface area contributed by atoms with E-state index < -0.39 is 5.97 Å². The Balaban J connectivity index is 2.98. The van der Waals surface area contributed by atoms with Crippen molar-refractivity contribution in [3.05, 3.63) is 35.7 Å². The van der Waals surface area contributed by atoms with Crippen LogP contribution in [-0.2, 0) is 4.79 Å². The van der Waals surface area contributed by atoms with Gasteiger partial charge in [0.2, 0.25) is 0 Å². The first kappa shape index (κ1) is 15.2. The number of carboxylic acids is 1. The van der Waals surface area contributed by atoms with E-state index in [0.29, 0.717) is 11.6 Å². The molecule has 1 rings (SSSR count). The molecule has 0 amide bonds. The molecule has 0 aliphatic carbocycles. The first-order valence-corrected chi connectivity index (χ1v) is 6.38. The Morgan fingerprint density at radius 3 is 2.74 bits per heavy atom. The van der Waals surface area contributed by atoms with Crippen LogP contribution in [0.3, 0.4) is 0 Å². The normalized spacial score (nSPS) is 12.6. The quantitative estimate of drug-likeness (QED) is 0.800. The molecule has 0 saturated carbocycles. The van der Waals surface area contributed by atoms with Gasteiger partial charge in [0, 0.05) is 24.9 Å². The van der Waals surface area contributed by atoms with Crippen molar-refractivity contribution in [2.75, 3.05) is 11.9 Å². The highest BCUT2D eigenvalue weighted by atomic mass is 19.1. The van der Waals surface area contributed by atoms with Crippen molar-refractivity contribution < 1.29 is 14.3 Å². The number of aliphatic carboxylic acids is 1. The van der Waals surface area contributed by atoms with E-state index >= 15 is 0 Å². The number of hydrogen-bond donors (Lipinski definition) is 1. The Morgan fingerprint density at radius 2 is 2.16 bits per heavy atom. The lowest BCUT2D eigenvalue weighted by atomic mass is 10.1. The molecule has 0 aliphatic heterocycles. The molecule has 1 N–H and O–H groups in total. The Morgan fingerprint density at radius 1 is 1.47 bits per heavy atom. The fourth-order valence-corrected chi connectivity index (χ4v) is 1.93. The summed E-state index contributed by atoms with van der Waals surface area (Å²) < 4.78 is 13.6. The van der Waals surface area contributed by atoms with Gasteiger partial charge in [-0.2, -0.15) is 0 Å². The van der Waals surface area contributed by atoms with Crippen LogP contribution in [0, 0.1) is 5.82 Å². The second-order valence-electron chi connectivity index (χ2n) is 4.66. The van der Waals surface area contributed by atoms with Crippen LogP contribution in [0.5, 0.6) is 0 Å². The van der Waals surface area contributed by atoms with E-state index in [0.717, 1.165) is 24.6 Å². The van der Waals surface area contributed by atoms with Crippen molar-refractivity contribution in [3.63, 3.8) is 0 Å². The molecular formula is C15H20FNO2. The van der Waals surface area contributed by atoms with Gasteiger partial charge in [-0.1, -0.05) is 13.3 Å². The molecule has 1 aromatic rings. The zero-order valence-corrected chi connectivity index (χ0v) is 11.6. The second-order valence-corrected chi connectivity index (χ2v) is 4.66. The molecule has 0 saturated heterocycles. The second kappa shape index (κ2) is 6.92. The van der Waals surface area contributed by atoms with Crippen LogP contribution >= 0.6 is 0 Å². The van der Waals surface area contributed by atoms with Gasteiger partial charge in [-0.3, -0.25) is 0 Å². The number of benzene rings is 1. The van der Waals surface area contributed by atoms with E-state index in [9.17, 15) is 9.18 Å². The van der Waals surface area contributed by atoms with E-state index in [1.165, 1.54) is 18.2 Å². The summed E-state index contributed by atoms with van der Waals surface area (Å²) in [6.07, 6.45) is 4.49. The molecule has 0 heterocycles. The van der Waals surface area contributed by atoms with Crippen LogP contribution in [0.25, 0.3) is 6.08 Å². The van der Waals surface area contributed by atoms with Crippen molar-refractivity contribution in [1.29, 1.82) is 0 Å². The van der Waals surface area contributed by atoms with Crippen LogP contribution in [0.1, 0.15) is 32.3 Å². The summed E-state index contributed by atoms with van der Waals surface area (Å²) in [5.41, 5.74) is 1.30. The maximum Gasteiger partial charge on any atom is 0.328 e. The standard InChI is InChI=1S/C15H20FNO2/c1-4-5-11(2)17(3)14-9-12(6-7-15(18)19)8-13(16)10-14/h6-11H,4-5H2,1-3H3,(H,18,19)/b7-6+. The van der Waals surface area contributed by atoms with Crippen LogP contribution in [0.15, 0.2) is 24.3 Å². The van der Waals surface area contributed by atoms with Gasteiger partial charge in [-0.25, -0.2) is 9.18 Å². The molecule has 19 heavy (non-hydrogen) atoms. The minimum absolute atomic E-state index is 0.308. The van der Waals surface area contributed by atoms with Crippen molar-refractivity contribution in [2.24, 2.45) is 0 Å². The number of hydrogen-bond acceptors (Lipinski definition) is 2. The van der Waals surface area contributed by atoms with Gasteiger partial charge in [0.05, 0.1) is 0 Å². The van der Waals surface area contributed by atoms with Gasteiger partial charge < -0.3 is 10.0 Å². The molecule has 0 fully saturated rings. The maximum absolute atomic E-state index is 13.6. The molecule has 0 spiro atoms. The van der Waals surface area contributed by atoms with E-state index in [-0.39, 0.29) is 5.82 Å². The van der Waals surface area contributed by atoms with Gasteiger partial charge in [-0.05, 0) is 43.2 Å². The summed E-state index contributed by atoms with van der Waals surface area (Å²) >= 11 is 0. The minimum Gasteiger partial charge on any atom is -0.478 e. The third-order valence-corrected chi connectivity index (χ3v) is 3.10. The molecular weight excluding hydrogens is 245 g/mol. The van der Waals surface area contributed by atoms with Gasteiger partial charge in [0.15, 0.2) is 0 Å². The van der Waals surface area contributed by atoms with Crippen LogP contribution in [0.2, 0.25) is 0 Å². The maximum atomic E-state index is 13.6. The average Bonchev–Trinajstić information content (AvgIpc) is 2.35. The summed E-state index contributed by atoms with van der Waals surface area (Å²) in [7, 11) is 1.92.